The van der Waals surface area contributed by atoms with Crippen molar-refractivity contribution in [2.45, 2.75) is 64.3 Å². The van der Waals surface area contributed by atoms with Crippen LogP contribution in [0.5, 0.6) is 0 Å². The predicted molar refractivity (Wildman–Crippen MR) is 117 cm³/mol. The molecule has 0 aromatic heterocycles. The topological polar surface area (TPSA) is 87.3 Å². The van der Waals surface area contributed by atoms with Crippen LogP contribution in [-0.2, 0) is 9.59 Å². The maximum Gasteiger partial charge on any atom is 0.269 e. The summed E-state index contributed by atoms with van der Waals surface area (Å²) >= 11 is 3.31. The van der Waals surface area contributed by atoms with E-state index in [1.54, 1.807) is 24.3 Å². The number of nitrogens with one attached hydrogen (secondary N) is 3. The Labute approximate surface area is 186 Å². The molecule has 0 heterocycles. The second-order valence-electron chi connectivity index (χ2n) is 9.58. The van der Waals surface area contributed by atoms with Crippen molar-refractivity contribution in [3.8, 4) is 0 Å². The third-order valence-corrected chi connectivity index (χ3v) is 7.91. The summed E-state index contributed by atoms with van der Waals surface area (Å²) in [5, 5.41) is 3.18. The van der Waals surface area contributed by atoms with Crippen LogP contribution < -0.4 is 16.2 Å². The molecular formula is C23H30BrN3O3. The number of carbonyl (C=O) groups is 3. The van der Waals surface area contributed by atoms with E-state index in [1.807, 2.05) is 0 Å². The summed E-state index contributed by atoms with van der Waals surface area (Å²) in [7, 11) is 0. The molecule has 1 atom stereocenters. The molecule has 6 nitrogen and oxygen atoms in total. The van der Waals surface area contributed by atoms with Gasteiger partial charge in [-0.3, -0.25) is 25.2 Å². The molecule has 4 aliphatic carbocycles. The standard InChI is InChI=1S/C23H30BrN3O3/c1-14(23-11-15-8-16(12-23)10-17(9-15)13-23)25-20(28)6-7-21(29)26-27-22(30)18-2-4-19(24)5-3-18/h2-5,14-17H,6-13H2,1H3,(H,25,28)(H,26,29)(H,27,30)/t14-,15?,16?,17?,23?/m1/s1. The normalized spacial score (nSPS) is 29.9. The van der Waals surface area contributed by atoms with Crippen molar-refractivity contribution in [3.63, 3.8) is 0 Å². The highest BCUT2D eigenvalue weighted by atomic mass is 79.9. The summed E-state index contributed by atoms with van der Waals surface area (Å²) in [6.45, 7) is 2.14. The van der Waals surface area contributed by atoms with Crippen LogP contribution in [0.1, 0.15) is 68.6 Å². The van der Waals surface area contributed by atoms with Gasteiger partial charge in [-0.2, -0.15) is 0 Å². The van der Waals surface area contributed by atoms with Crippen molar-refractivity contribution in [2.75, 3.05) is 0 Å². The first-order chi connectivity index (χ1) is 14.3. The van der Waals surface area contributed by atoms with E-state index in [2.05, 4.69) is 39.0 Å². The van der Waals surface area contributed by atoms with Gasteiger partial charge in [0.25, 0.3) is 5.91 Å². The second-order valence-corrected chi connectivity index (χ2v) is 10.5. The van der Waals surface area contributed by atoms with Crippen LogP contribution in [0.4, 0.5) is 0 Å². The van der Waals surface area contributed by atoms with Gasteiger partial charge in [0.1, 0.15) is 0 Å². The van der Waals surface area contributed by atoms with Crippen molar-refractivity contribution in [2.24, 2.45) is 23.2 Å². The fourth-order valence-electron chi connectivity index (χ4n) is 6.26. The fraction of sp³-hybridized carbons (Fsp3) is 0.609. The van der Waals surface area contributed by atoms with Gasteiger partial charge >= 0.3 is 0 Å². The summed E-state index contributed by atoms with van der Waals surface area (Å²) in [6.07, 6.45) is 8.02. The lowest BCUT2D eigenvalue weighted by atomic mass is 9.48. The molecule has 7 heteroatoms. The van der Waals surface area contributed by atoms with E-state index in [0.29, 0.717) is 5.56 Å². The van der Waals surface area contributed by atoms with E-state index in [0.717, 1.165) is 22.2 Å². The number of halogens is 1. The minimum Gasteiger partial charge on any atom is -0.353 e. The highest BCUT2D eigenvalue weighted by Gasteiger charge is 2.53. The van der Waals surface area contributed by atoms with Gasteiger partial charge in [-0.1, -0.05) is 15.9 Å². The summed E-state index contributed by atoms with van der Waals surface area (Å²) in [5.41, 5.74) is 5.47. The molecule has 3 N–H and O–H groups in total. The molecule has 0 saturated heterocycles. The third kappa shape index (κ3) is 4.71. The van der Waals surface area contributed by atoms with Gasteiger partial charge in [0.05, 0.1) is 0 Å². The Morgan fingerprint density at radius 3 is 2.03 bits per heavy atom. The average Bonchev–Trinajstić information content (AvgIpc) is 2.70. The molecule has 0 aliphatic heterocycles. The first kappa shape index (κ1) is 21.3. The van der Waals surface area contributed by atoms with Crippen LogP contribution in [0.3, 0.4) is 0 Å². The molecule has 0 unspecified atom stereocenters. The van der Waals surface area contributed by atoms with E-state index in [1.165, 1.54) is 38.5 Å². The Balaban J connectivity index is 1.19. The summed E-state index contributed by atoms with van der Waals surface area (Å²) in [6, 6.07) is 6.98. The number of hydrogen-bond donors (Lipinski definition) is 3. The summed E-state index contributed by atoms with van der Waals surface area (Å²) in [4.78, 5) is 36.5. The van der Waals surface area contributed by atoms with Gasteiger partial charge in [-0.05, 0) is 92.9 Å². The molecular weight excluding hydrogens is 446 g/mol. The van der Waals surface area contributed by atoms with Crippen LogP contribution in [0.2, 0.25) is 0 Å². The van der Waals surface area contributed by atoms with Gasteiger partial charge in [-0.25, -0.2) is 0 Å². The Hall–Kier alpha value is -1.89. The van der Waals surface area contributed by atoms with Gasteiger partial charge in [0, 0.05) is 28.9 Å². The van der Waals surface area contributed by atoms with Gasteiger partial charge < -0.3 is 5.32 Å². The van der Waals surface area contributed by atoms with E-state index in [4.69, 9.17) is 0 Å². The molecule has 4 fully saturated rings. The third-order valence-electron chi connectivity index (χ3n) is 7.38. The zero-order valence-corrected chi connectivity index (χ0v) is 19.0. The molecule has 5 rings (SSSR count). The zero-order chi connectivity index (χ0) is 21.3. The van der Waals surface area contributed by atoms with Crippen LogP contribution in [0.25, 0.3) is 0 Å². The Bertz CT molecular complexity index is 788. The van der Waals surface area contributed by atoms with Gasteiger partial charge in [0.15, 0.2) is 0 Å². The monoisotopic (exact) mass is 475 g/mol. The number of rotatable bonds is 6. The average molecular weight is 476 g/mol. The maximum atomic E-state index is 12.5. The molecule has 162 valence electrons. The van der Waals surface area contributed by atoms with Gasteiger partial charge in [-0.15, -0.1) is 0 Å². The lowest BCUT2D eigenvalue weighted by Crippen LogP contribution is -2.55. The highest BCUT2D eigenvalue weighted by molar-refractivity contribution is 9.10. The van der Waals surface area contributed by atoms with E-state index in [9.17, 15) is 14.4 Å². The molecule has 1 aromatic rings. The van der Waals surface area contributed by atoms with Crippen LogP contribution >= 0.6 is 15.9 Å². The van der Waals surface area contributed by atoms with Crippen LogP contribution in [0, 0.1) is 23.2 Å². The minimum atomic E-state index is -0.393. The molecule has 0 spiro atoms. The molecule has 30 heavy (non-hydrogen) atoms. The number of carbonyl (C=O) groups excluding carboxylic acids is 3. The van der Waals surface area contributed by atoms with Crippen LogP contribution in [-0.4, -0.2) is 23.8 Å². The Kier molecular flexibility index (Phi) is 6.19. The van der Waals surface area contributed by atoms with Crippen molar-refractivity contribution < 1.29 is 14.4 Å². The Morgan fingerprint density at radius 1 is 0.933 bits per heavy atom. The number of hydrazine groups is 1. The van der Waals surface area contributed by atoms with Crippen molar-refractivity contribution in [1.82, 2.24) is 16.2 Å². The SMILES string of the molecule is C[C@@H](NC(=O)CCC(=O)NNC(=O)c1ccc(Br)cc1)C12CC3CC(CC(C3)C1)C2. The first-order valence-electron chi connectivity index (χ1n) is 11.0. The first-order valence-corrected chi connectivity index (χ1v) is 11.8. The minimum absolute atomic E-state index is 0.0417. The highest BCUT2D eigenvalue weighted by Crippen LogP contribution is 2.61. The number of amides is 3. The molecule has 0 radical (unpaired) electrons. The van der Waals surface area contributed by atoms with E-state index in [-0.39, 0.29) is 36.1 Å². The smallest absolute Gasteiger partial charge is 0.269 e. The lowest BCUT2D eigenvalue weighted by Gasteiger charge is -2.59. The van der Waals surface area contributed by atoms with Crippen molar-refractivity contribution >= 4 is 33.7 Å². The summed E-state index contributed by atoms with van der Waals surface area (Å²) < 4.78 is 0.872. The molecule has 4 saturated carbocycles. The molecule has 1 aromatic carbocycles. The maximum absolute atomic E-state index is 12.5. The summed E-state index contributed by atoms with van der Waals surface area (Å²) in [5.74, 6) is 1.67. The molecule has 3 amide bonds. The van der Waals surface area contributed by atoms with Gasteiger partial charge in [0.2, 0.25) is 11.8 Å². The zero-order valence-electron chi connectivity index (χ0n) is 17.4. The fourth-order valence-corrected chi connectivity index (χ4v) is 6.53. The second kappa shape index (κ2) is 8.69. The van der Waals surface area contributed by atoms with Crippen LogP contribution in [0.15, 0.2) is 28.7 Å². The number of hydrogen-bond acceptors (Lipinski definition) is 3. The predicted octanol–water partition coefficient (Wildman–Crippen LogP) is 3.71. The lowest BCUT2D eigenvalue weighted by molar-refractivity contribution is -0.129. The van der Waals surface area contributed by atoms with Crippen molar-refractivity contribution in [3.05, 3.63) is 34.3 Å². The van der Waals surface area contributed by atoms with E-state index < -0.39 is 5.91 Å². The molecule has 4 aliphatic rings. The largest absolute Gasteiger partial charge is 0.353 e. The van der Waals surface area contributed by atoms with E-state index >= 15 is 0 Å². The number of benzene rings is 1. The Morgan fingerprint density at radius 2 is 1.47 bits per heavy atom. The van der Waals surface area contributed by atoms with Crippen molar-refractivity contribution in [1.29, 1.82) is 0 Å². The quantitative estimate of drug-likeness (QED) is 0.547. The molecule has 4 bridgehead atoms.